The first-order valence-electron chi connectivity index (χ1n) is 9.02. The van der Waals surface area contributed by atoms with E-state index in [-0.39, 0.29) is 17.7 Å². The van der Waals surface area contributed by atoms with Crippen LogP contribution in [0.2, 0.25) is 0 Å². The van der Waals surface area contributed by atoms with E-state index in [9.17, 15) is 23.1 Å². The summed E-state index contributed by atoms with van der Waals surface area (Å²) in [6.07, 6.45) is -1.15. The van der Waals surface area contributed by atoms with Gasteiger partial charge in [-0.2, -0.15) is 13.2 Å². The lowest BCUT2D eigenvalue weighted by molar-refractivity contribution is -0.138. The number of rotatable bonds is 6. The number of fused-ring (bicyclic) bond motifs is 1. The van der Waals surface area contributed by atoms with Gasteiger partial charge in [-0.1, -0.05) is 12.1 Å². The summed E-state index contributed by atoms with van der Waals surface area (Å²) in [4.78, 5) is 19.8. The average Bonchev–Trinajstić information content (AvgIpc) is 3.09. The lowest BCUT2D eigenvalue weighted by Gasteiger charge is -2.10. The molecule has 0 bridgehead atoms. The minimum absolute atomic E-state index is 0.0328. The Morgan fingerprint density at radius 2 is 1.93 bits per heavy atom. The van der Waals surface area contributed by atoms with Gasteiger partial charge in [0.25, 0.3) is 0 Å². The molecule has 1 unspecified atom stereocenters. The van der Waals surface area contributed by atoms with Crippen molar-refractivity contribution < 1.29 is 27.8 Å². The molecule has 2 aromatic rings. The number of hydrogen-bond acceptors (Lipinski definition) is 5. The normalized spacial score (nSPS) is 15.7. The van der Waals surface area contributed by atoms with Gasteiger partial charge in [-0.15, -0.1) is 0 Å². The van der Waals surface area contributed by atoms with Crippen LogP contribution in [0.4, 0.5) is 13.2 Å². The number of benzene rings is 2. The lowest BCUT2D eigenvalue weighted by Crippen LogP contribution is -2.23. The van der Waals surface area contributed by atoms with Crippen LogP contribution in [0.15, 0.2) is 58.5 Å². The molecule has 1 aliphatic rings. The third kappa shape index (κ3) is 5.01. The molecule has 2 aromatic carbocycles. The molecule has 0 spiro atoms. The Labute approximate surface area is 164 Å². The molecule has 1 N–H and O–H groups in total. The number of ether oxygens (including phenoxy) is 1. The fraction of sp³-hybridized carbons (Fsp3) is 0.286. The smallest absolute Gasteiger partial charge is 0.416 e. The molecule has 3 rings (SSSR count). The zero-order valence-electron chi connectivity index (χ0n) is 15.6. The predicted molar refractivity (Wildman–Crippen MR) is 98.7 cm³/mol. The number of halogens is 3. The molecular formula is C21H19F3N2O3. The van der Waals surface area contributed by atoms with E-state index in [2.05, 4.69) is 9.98 Å². The molecule has 1 heterocycles. The van der Waals surface area contributed by atoms with E-state index in [4.69, 9.17) is 4.74 Å². The minimum Gasteiger partial charge on any atom is -0.508 e. The van der Waals surface area contributed by atoms with Crippen LogP contribution in [0, 0.1) is 0 Å². The monoisotopic (exact) mass is 404 g/mol. The topological polar surface area (TPSA) is 71.2 Å². The van der Waals surface area contributed by atoms with Crippen molar-refractivity contribution in [2.45, 2.75) is 32.1 Å². The summed E-state index contributed by atoms with van der Waals surface area (Å²) in [5.41, 5.74) is 0.497. The molecule has 5 nitrogen and oxygen atoms in total. The highest BCUT2D eigenvalue weighted by molar-refractivity contribution is 5.81. The Bertz CT molecular complexity index is 1060. The first-order valence-corrected chi connectivity index (χ1v) is 9.02. The lowest BCUT2D eigenvalue weighted by atomic mass is 10.0. The second-order valence-electron chi connectivity index (χ2n) is 6.50. The molecule has 29 heavy (non-hydrogen) atoms. The van der Waals surface area contributed by atoms with Gasteiger partial charge >= 0.3 is 12.1 Å². The van der Waals surface area contributed by atoms with Crippen LogP contribution >= 0.6 is 0 Å². The molecule has 8 heteroatoms. The largest absolute Gasteiger partial charge is 0.508 e. The summed E-state index contributed by atoms with van der Waals surface area (Å²) in [6.45, 7) is 1.98. The first kappa shape index (κ1) is 20.6. The van der Waals surface area contributed by atoms with E-state index in [1.807, 2.05) is 0 Å². The van der Waals surface area contributed by atoms with Gasteiger partial charge in [0.15, 0.2) is 6.17 Å². The van der Waals surface area contributed by atoms with Crippen LogP contribution in [0.25, 0.3) is 0 Å². The van der Waals surface area contributed by atoms with Crippen molar-refractivity contribution in [3.05, 3.63) is 76.0 Å². The van der Waals surface area contributed by atoms with Gasteiger partial charge < -0.3 is 9.84 Å². The van der Waals surface area contributed by atoms with Crippen LogP contribution in [-0.2, 0) is 22.1 Å². The molecule has 152 valence electrons. The number of allylic oxidation sites excluding steroid dienone is 1. The van der Waals surface area contributed by atoms with Crippen LogP contribution in [0.3, 0.4) is 0 Å². The van der Waals surface area contributed by atoms with Crippen LogP contribution in [0.5, 0.6) is 5.75 Å². The second-order valence-corrected chi connectivity index (χ2v) is 6.50. The number of phenols is 1. The van der Waals surface area contributed by atoms with Crippen molar-refractivity contribution in [1.29, 1.82) is 0 Å². The maximum Gasteiger partial charge on any atom is 0.416 e. The van der Waals surface area contributed by atoms with E-state index in [1.54, 1.807) is 25.1 Å². The number of hydrogen-bond donors (Lipinski definition) is 1. The Morgan fingerprint density at radius 1 is 1.17 bits per heavy atom. The second kappa shape index (κ2) is 8.46. The van der Waals surface area contributed by atoms with Crippen molar-refractivity contribution in [3.63, 3.8) is 0 Å². The number of carbonyl (C=O) groups is 1. The van der Waals surface area contributed by atoms with Gasteiger partial charge in [-0.25, -0.2) is 4.79 Å². The summed E-state index contributed by atoms with van der Waals surface area (Å²) in [6, 6.07) is 8.16. The Hall–Kier alpha value is -3.16. The number of esters is 1. The highest BCUT2D eigenvalue weighted by Crippen LogP contribution is 2.31. The summed E-state index contributed by atoms with van der Waals surface area (Å²) in [7, 11) is 0. The zero-order valence-corrected chi connectivity index (χ0v) is 15.6. The van der Waals surface area contributed by atoms with Crippen molar-refractivity contribution >= 4 is 5.97 Å². The standard InChI is InChI=1S/C21H19F3N2O3/c1-2-4-19(28)29-10-3-5-13-6-9-18(27)15(11-13)20-25-16-8-7-14(21(22,23)24)12-17(16)26-20/h2,4,6-9,11-12,20,27H,3,5,10H2,1H3. The van der Waals surface area contributed by atoms with Gasteiger partial charge in [0.1, 0.15) is 5.75 Å². The van der Waals surface area contributed by atoms with Crippen molar-refractivity contribution in [2.75, 3.05) is 6.61 Å². The van der Waals surface area contributed by atoms with Gasteiger partial charge in [-0.05, 0) is 55.7 Å². The summed E-state index contributed by atoms with van der Waals surface area (Å²) in [5.74, 6) is -0.437. The van der Waals surface area contributed by atoms with Crippen molar-refractivity contribution in [2.24, 2.45) is 9.98 Å². The molecular weight excluding hydrogens is 385 g/mol. The number of aromatic hydroxyl groups is 1. The molecule has 1 aliphatic heterocycles. The summed E-state index contributed by atoms with van der Waals surface area (Å²) < 4.78 is 43.7. The average molecular weight is 404 g/mol. The van der Waals surface area contributed by atoms with E-state index in [1.165, 1.54) is 18.2 Å². The molecule has 1 atom stereocenters. The van der Waals surface area contributed by atoms with Crippen LogP contribution < -0.4 is 10.7 Å². The van der Waals surface area contributed by atoms with Crippen LogP contribution in [0.1, 0.15) is 36.2 Å². The molecule has 0 saturated heterocycles. The van der Waals surface area contributed by atoms with Gasteiger partial charge in [-0.3, -0.25) is 9.98 Å². The Kier molecular flexibility index (Phi) is 6.00. The Balaban J connectivity index is 1.74. The van der Waals surface area contributed by atoms with E-state index >= 15 is 0 Å². The number of phenolic OH excluding ortho intramolecular Hbond substituents is 1. The zero-order chi connectivity index (χ0) is 21.0. The van der Waals surface area contributed by atoms with Gasteiger partial charge in [0.2, 0.25) is 0 Å². The van der Waals surface area contributed by atoms with Gasteiger partial charge in [0, 0.05) is 11.6 Å². The molecule has 0 radical (unpaired) electrons. The third-order valence-corrected chi connectivity index (χ3v) is 4.35. The molecule has 0 fully saturated rings. The fourth-order valence-electron chi connectivity index (χ4n) is 2.94. The summed E-state index contributed by atoms with van der Waals surface area (Å²) >= 11 is 0. The molecule has 0 saturated carbocycles. The molecule has 0 aliphatic carbocycles. The Morgan fingerprint density at radius 3 is 2.66 bits per heavy atom. The number of nitrogens with zero attached hydrogens (tertiary/aromatic N) is 2. The summed E-state index contributed by atoms with van der Waals surface area (Å²) in [5, 5.41) is 10.7. The highest BCUT2D eigenvalue weighted by atomic mass is 19.4. The number of alkyl halides is 3. The SMILES string of the molecule is CC=CC(=O)OCCCc1ccc(O)c(C2N=c3ccc(C(F)(F)F)cc3=N2)c1. The number of carbonyl (C=O) groups excluding carboxylic acids is 1. The maximum absolute atomic E-state index is 12.9. The third-order valence-electron chi connectivity index (χ3n) is 4.35. The highest BCUT2D eigenvalue weighted by Gasteiger charge is 2.31. The minimum atomic E-state index is -4.46. The number of aryl methyl sites for hydroxylation is 1. The quantitative estimate of drug-likeness (QED) is 0.456. The van der Waals surface area contributed by atoms with Crippen LogP contribution in [-0.4, -0.2) is 17.7 Å². The first-order chi connectivity index (χ1) is 13.8. The van der Waals surface area contributed by atoms with Crippen molar-refractivity contribution in [1.82, 2.24) is 0 Å². The predicted octanol–water partition coefficient (Wildman–Crippen LogP) is 3.41. The van der Waals surface area contributed by atoms with E-state index < -0.39 is 23.9 Å². The fourth-order valence-corrected chi connectivity index (χ4v) is 2.94. The molecule has 0 amide bonds. The van der Waals surface area contributed by atoms with E-state index in [0.29, 0.717) is 23.8 Å². The van der Waals surface area contributed by atoms with Crippen molar-refractivity contribution in [3.8, 4) is 5.75 Å². The van der Waals surface area contributed by atoms with Gasteiger partial charge in [0.05, 0.1) is 22.9 Å². The molecule has 0 aromatic heterocycles. The van der Waals surface area contributed by atoms with E-state index in [0.717, 1.165) is 17.7 Å². The maximum atomic E-state index is 12.9.